The summed E-state index contributed by atoms with van der Waals surface area (Å²) in [6.45, 7) is 4.84. The molecule has 3 rings (SSSR count). The maximum absolute atomic E-state index is 12.1. The minimum Gasteiger partial charge on any atom is -0.486 e. The molecule has 1 aromatic heterocycles. The minimum atomic E-state index is -0.0982. The number of ether oxygens (including phenoxy) is 2. The van der Waals surface area contributed by atoms with Crippen LogP contribution in [0.5, 0.6) is 11.5 Å². The van der Waals surface area contributed by atoms with E-state index < -0.39 is 0 Å². The molecule has 7 nitrogen and oxygen atoms in total. The Morgan fingerprint density at radius 3 is 2.83 bits per heavy atom. The van der Waals surface area contributed by atoms with Crippen LogP contribution < -0.4 is 14.8 Å². The number of carbonyl (C=O) groups excluding carboxylic acids is 1. The molecule has 2 aromatic rings. The predicted molar refractivity (Wildman–Crippen MR) is 86.0 cm³/mol. The third-order valence-corrected chi connectivity index (χ3v) is 3.81. The Labute approximate surface area is 140 Å². The number of rotatable bonds is 6. The number of fused-ring (bicyclic) bond motifs is 1. The van der Waals surface area contributed by atoms with Crippen LogP contribution >= 0.6 is 0 Å². The average molecular weight is 331 g/mol. The Kier molecular flexibility index (Phi) is 4.98. The van der Waals surface area contributed by atoms with Crippen LogP contribution in [0.15, 0.2) is 22.7 Å². The van der Waals surface area contributed by atoms with Crippen molar-refractivity contribution >= 4 is 5.91 Å². The lowest BCUT2D eigenvalue weighted by molar-refractivity contribution is -0.121. The molecular weight excluding hydrogens is 310 g/mol. The topological polar surface area (TPSA) is 86.5 Å². The summed E-state index contributed by atoms with van der Waals surface area (Å²) in [5, 5.41) is 6.72. The van der Waals surface area contributed by atoms with Crippen LogP contribution in [0, 0.1) is 6.92 Å². The van der Waals surface area contributed by atoms with Gasteiger partial charge in [-0.15, -0.1) is 0 Å². The Bertz CT molecular complexity index is 714. The van der Waals surface area contributed by atoms with Gasteiger partial charge in [0.05, 0.1) is 6.04 Å². The van der Waals surface area contributed by atoms with E-state index in [0.717, 1.165) is 17.1 Å². The molecule has 1 aromatic carbocycles. The molecule has 2 heterocycles. The van der Waals surface area contributed by atoms with Crippen LogP contribution in [0.4, 0.5) is 0 Å². The highest BCUT2D eigenvalue weighted by atomic mass is 16.6. The van der Waals surface area contributed by atoms with Crippen molar-refractivity contribution in [2.75, 3.05) is 13.2 Å². The van der Waals surface area contributed by atoms with Crippen LogP contribution in [-0.4, -0.2) is 29.3 Å². The Morgan fingerprint density at radius 1 is 1.29 bits per heavy atom. The van der Waals surface area contributed by atoms with Gasteiger partial charge in [-0.25, -0.2) is 0 Å². The van der Waals surface area contributed by atoms with Crippen LogP contribution in [-0.2, 0) is 11.2 Å². The number of amides is 1. The van der Waals surface area contributed by atoms with Crippen LogP contribution in [0.1, 0.15) is 43.1 Å². The second kappa shape index (κ2) is 7.33. The number of aryl methyl sites for hydroxylation is 2. The SMILES string of the molecule is Cc1noc(CCCC(=O)N[C@H](C)c2ccc3c(c2)OCCO3)n1. The Balaban J connectivity index is 1.48. The molecule has 0 aliphatic carbocycles. The lowest BCUT2D eigenvalue weighted by atomic mass is 10.1. The summed E-state index contributed by atoms with van der Waals surface area (Å²) in [4.78, 5) is 16.2. The maximum Gasteiger partial charge on any atom is 0.226 e. The number of nitrogens with one attached hydrogen (secondary N) is 1. The van der Waals surface area contributed by atoms with Gasteiger partial charge in [0.15, 0.2) is 17.3 Å². The summed E-state index contributed by atoms with van der Waals surface area (Å²) in [6, 6.07) is 5.64. The van der Waals surface area contributed by atoms with Crippen molar-refractivity contribution in [3.05, 3.63) is 35.5 Å². The summed E-state index contributed by atoms with van der Waals surface area (Å²) < 4.78 is 16.1. The first-order valence-electron chi connectivity index (χ1n) is 8.10. The smallest absolute Gasteiger partial charge is 0.226 e. The summed E-state index contributed by atoms with van der Waals surface area (Å²) >= 11 is 0. The zero-order valence-electron chi connectivity index (χ0n) is 13.9. The van der Waals surface area contributed by atoms with Crippen molar-refractivity contribution in [1.29, 1.82) is 0 Å². The third kappa shape index (κ3) is 4.04. The van der Waals surface area contributed by atoms with E-state index in [0.29, 0.717) is 44.2 Å². The summed E-state index contributed by atoms with van der Waals surface area (Å²) in [5.74, 6) is 2.65. The molecule has 7 heteroatoms. The normalized spacial score (nSPS) is 14.2. The van der Waals surface area contributed by atoms with E-state index in [-0.39, 0.29) is 11.9 Å². The predicted octanol–water partition coefficient (Wildman–Crippen LogP) is 2.35. The standard InChI is InChI=1S/C17H21N3O4/c1-11(13-6-7-14-15(10-13)23-9-8-22-14)18-16(21)4-3-5-17-19-12(2)20-24-17/h6-7,10-11H,3-5,8-9H2,1-2H3,(H,18,21)/t11-/m1/s1. The molecule has 1 atom stereocenters. The molecule has 0 fully saturated rings. The fourth-order valence-electron chi connectivity index (χ4n) is 2.57. The maximum atomic E-state index is 12.1. The van der Waals surface area contributed by atoms with E-state index in [1.54, 1.807) is 6.92 Å². The highest BCUT2D eigenvalue weighted by Crippen LogP contribution is 2.32. The number of hydrogen-bond acceptors (Lipinski definition) is 6. The average Bonchev–Trinajstić information content (AvgIpc) is 2.99. The van der Waals surface area contributed by atoms with E-state index in [1.807, 2.05) is 25.1 Å². The van der Waals surface area contributed by atoms with Gasteiger partial charge in [0.25, 0.3) is 0 Å². The Morgan fingerprint density at radius 2 is 2.08 bits per heavy atom. The van der Waals surface area contributed by atoms with Crippen molar-refractivity contribution in [3.63, 3.8) is 0 Å². The molecule has 128 valence electrons. The molecule has 0 saturated carbocycles. The molecule has 1 aliphatic heterocycles. The zero-order valence-corrected chi connectivity index (χ0v) is 13.9. The molecule has 0 radical (unpaired) electrons. The number of aromatic nitrogens is 2. The van der Waals surface area contributed by atoms with Crippen molar-refractivity contribution < 1.29 is 18.8 Å². The van der Waals surface area contributed by atoms with Crippen LogP contribution in [0.3, 0.4) is 0 Å². The number of hydrogen-bond donors (Lipinski definition) is 1. The van der Waals surface area contributed by atoms with Gasteiger partial charge in [-0.3, -0.25) is 4.79 Å². The first-order chi connectivity index (χ1) is 11.6. The molecule has 1 aliphatic rings. The molecular formula is C17H21N3O4. The van der Waals surface area contributed by atoms with E-state index in [1.165, 1.54) is 0 Å². The van der Waals surface area contributed by atoms with Gasteiger partial charge in [0.2, 0.25) is 11.8 Å². The first-order valence-corrected chi connectivity index (χ1v) is 8.10. The van der Waals surface area contributed by atoms with Gasteiger partial charge in [-0.1, -0.05) is 11.2 Å². The second-order valence-electron chi connectivity index (χ2n) is 5.78. The molecule has 1 amide bonds. The number of nitrogens with zero attached hydrogens (tertiary/aromatic N) is 2. The molecule has 0 saturated heterocycles. The van der Waals surface area contributed by atoms with Crippen molar-refractivity contribution in [2.24, 2.45) is 0 Å². The van der Waals surface area contributed by atoms with Gasteiger partial charge in [0, 0.05) is 12.8 Å². The third-order valence-electron chi connectivity index (χ3n) is 3.81. The second-order valence-corrected chi connectivity index (χ2v) is 5.78. The highest BCUT2D eigenvalue weighted by molar-refractivity contribution is 5.76. The Hall–Kier alpha value is -2.57. The molecule has 0 bridgehead atoms. The molecule has 0 spiro atoms. The quantitative estimate of drug-likeness (QED) is 0.874. The summed E-state index contributed by atoms with van der Waals surface area (Å²) in [6.07, 6.45) is 1.68. The molecule has 24 heavy (non-hydrogen) atoms. The van der Waals surface area contributed by atoms with Crippen molar-refractivity contribution in [3.8, 4) is 11.5 Å². The van der Waals surface area contributed by atoms with Gasteiger partial charge in [0.1, 0.15) is 13.2 Å². The van der Waals surface area contributed by atoms with Crippen LogP contribution in [0.2, 0.25) is 0 Å². The molecule has 0 unspecified atom stereocenters. The van der Waals surface area contributed by atoms with E-state index >= 15 is 0 Å². The number of benzene rings is 1. The monoisotopic (exact) mass is 331 g/mol. The van der Waals surface area contributed by atoms with Gasteiger partial charge < -0.3 is 19.3 Å². The lowest BCUT2D eigenvalue weighted by Gasteiger charge is -2.21. The largest absolute Gasteiger partial charge is 0.486 e. The van der Waals surface area contributed by atoms with Gasteiger partial charge in [-0.2, -0.15) is 4.98 Å². The fraction of sp³-hybridized carbons (Fsp3) is 0.471. The molecule has 1 N–H and O–H groups in total. The lowest BCUT2D eigenvalue weighted by Crippen LogP contribution is -2.26. The highest BCUT2D eigenvalue weighted by Gasteiger charge is 2.16. The van der Waals surface area contributed by atoms with Crippen molar-refractivity contribution in [2.45, 2.75) is 39.2 Å². The van der Waals surface area contributed by atoms with E-state index in [9.17, 15) is 4.79 Å². The summed E-state index contributed by atoms with van der Waals surface area (Å²) in [5.41, 5.74) is 0.986. The minimum absolute atomic E-state index is 0.00590. The van der Waals surface area contributed by atoms with Crippen LogP contribution in [0.25, 0.3) is 0 Å². The van der Waals surface area contributed by atoms with Gasteiger partial charge >= 0.3 is 0 Å². The van der Waals surface area contributed by atoms with Crippen molar-refractivity contribution in [1.82, 2.24) is 15.5 Å². The van der Waals surface area contributed by atoms with Gasteiger partial charge in [-0.05, 0) is 38.0 Å². The first kappa shape index (κ1) is 16.3. The fourth-order valence-corrected chi connectivity index (χ4v) is 2.57. The van der Waals surface area contributed by atoms with E-state index in [4.69, 9.17) is 14.0 Å². The van der Waals surface area contributed by atoms with E-state index in [2.05, 4.69) is 15.5 Å². The zero-order chi connectivity index (χ0) is 16.9. The number of carbonyl (C=O) groups is 1. The summed E-state index contributed by atoms with van der Waals surface area (Å²) in [7, 11) is 0.